The molecule has 37 heavy (non-hydrogen) atoms. The highest BCUT2D eigenvalue weighted by Gasteiger charge is 2.40. The SMILES string of the molecule is COc1nc(N2CC3CCC(C2)N3CCCN)c2cnc(-c3cc(C)cc4cccc(F)c34)c(F)c2n1. The third kappa shape index (κ3) is 4.06. The lowest BCUT2D eigenvalue weighted by Crippen LogP contribution is -2.54. The number of anilines is 1. The van der Waals surface area contributed by atoms with Crippen molar-refractivity contribution in [3.8, 4) is 17.3 Å². The van der Waals surface area contributed by atoms with Crippen LogP contribution in [0.2, 0.25) is 0 Å². The topological polar surface area (TPSA) is 80.4 Å². The van der Waals surface area contributed by atoms with E-state index in [0.717, 1.165) is 44.5 Å². The van der Waals surface area contributed by atoms with Crippen LogP contribution >= 0.6 is 0 Å². The molecule has 9 heteroatoms. The minimum Gasteiger partial charge on any atom is -0.467 e. The summed E-state index contributed by atoms with van der Waals surface area (Å²) in [5, 5.41) is 1.56. The van der Waals surface area contributed by atoms with Crippen LogP contribution in [0.5, 0.6) is 6.01 Å². The zero-order chi connectivity index (χ0) is 25.7. The number of aryl methyl sites for hydroxylation is 1. The number of piperazine rings is 1. The summed E-state index contributed by atoms with van der Waals surface area (Å²) in [7, 11) is 1.48. The normalized spacial score (nSPS) is 19.8. The highest BCUT2D eigenvalue weighted by atomic mass is 19.1. The van der Waals surface area contributed by atoms with Crippen molar-refractivity contribution in [3.05, 3.63) is 53.7 Å². The van der Waals surface area contributed by atoms with Crippen LogP contribution in [-0.2, 0) is 0 Å². The van der Waals surface area contributed by atoms with Gasteiger partial charge >= 0.3 is 6.01 Å². The van der Waals surface area contributed by atoms with Gasteiger partial charge in [0.25, 0.3) is 0 Å². The number of hydrogen-bond donors (Lipinski definition) is 1. The first kappa shape index (κ1) is 23.9. The molecule has 2 fully saturated rings. The summed E-state index contributed by atoms with van der Waals surface area (Å²) in [5.74, 6) is -0.410. The summed E-state index contributed by atoms with van der Waals surface area (Å²) >= 11 is 0. The van der Waals surface area contributed by atoms with E-state index in [1.807, 2.05) is 19.1 Å². The summed E-state index contributed by atoms with van der Waals surface area (Å²) in [6.45, 7) is 5.15. The number of pyridine rings is 1. The van der Waals surface area contributed by atoms with Crippen molar-refractivity contribution in [2.24, 2.45) is 5.73 Å². The minimum absolute atomic E-state index is 0.0599. The molecular formula is C28H30F2N6O. The van der Waals surface area contributed by atoms with Crippen LogP contribution in [0.3, 0.4) is 0 Å². The van der Waals surface area contributed by atoms with Crippen molar-refractivity contribution >= 4 is 27.5 Å². The molecule has 2 N–H and O–H groups in total. The van der Waals surface area contributed by atoms with Crippen LogP contribution in [0.1, 0.15) is 24.8 Å². The number of nitrogens with zero attached hydrogens (tertiary/aromatic N) is 5. The van der Waals surface area contributed by atoms with Gasteiger partial charge < -0.3 is 15.4 Å². The fourth-order valence-corrected chi connectivity index (χ4v) is 6.06. The molecule has 0 aliphatic carbocycles. The van der Waals surface area contributed by atoms with E-state index in [2.05, 4.69) is 24.8 Å². The summed E-state index contributed by atoms with van der Waals surface area (Å²) in [6.07, 6.45) is 4.83. The Balaban J connectivity index is 1.47. The van der Waals surface area contributed by atoms with Gasteiger partial charge in [-0.2, -0.15) is 9.97 Å². The number of hydrogen-bond acceptors (Lipinski definition) is 7. The molecule has 2 bridgehead atoms. The van der Waals surface area contributed by atoms with E-state index in [1.54, 1.807) is 18.3 Å². The van der Waals surface area contributed by atoms with Gasteiger partial charge in [-0.15, -0.1) is 0 Å². The lowest BCUT2D eigenvalue weighted by atomic mass is 9.97. The predicted octanol–water partition coefficient (Wildman–Crippen LogP) is 4.44. The molecule has 2 saturated heterocycles. The summed E-state index contributed by atoms with van der Waals surface area (Å²) in [5.41, 5.74) is 7.22. The van der Waals surface area contributed by atoms with E-state index in [-0.39, 0.29) is 17.2 Å². The zero-order valence-electron chi connectivity index (χ0n) is 21.0. The van der Waals surface area contributed by atoms with Crippen molar-refractivity contribution in [1.29, 1.82) is 0 Å². The molecule has 2 aliphatic heterocycles. The smallest absolute Gasteiger partial charge is 0.318 e. The summed E-state index contributed by atoms with van der Waals surface area (Å²) in [4.78, 5) is 18.3. The van der Waals surface area contributed by atoms with Crippen LogP contribution in [0.4, 0.5) is 14.6 Å². The van der Waals surface area contributed by atoms with Crippen molar-refractivity contribution in [2.75, 3.05) is 38.2 Å². The quantitative estimate of drug-likeness (QED) is 0.416. The average molecular weight is 505 g/mol. The molecule has 0 radical (unpaired) electrons. The maximum atomic E-state index is 16.2. The van der Waals surface area contributed by atoms with Gasteiger partial charge in [-0.1, -0.05) is 18.2 Å². The van der Waals surface area contributed by atoms with Crippen molar-refractivity contribution in [1.82, 2.24) is 19.9 Å². The van der Waals surface area contributed by atoms with Gasteiger partial charge in [-0.25, -0.2) is 8.78 Å². The highest BCUT2D eigenvalue weighted by Crippen LogP contribution is 2.38. The second-order valence-electron chi connectivity index (χ2n) is 10.0. The number of ether oxygens (including phenoxy) is 1. The summed E-state index contributed by atoms with van der Waals surface area (Å²) in [6, 6.07) is 9.39. The number of nitrogens with two attached hydrogens (primary N) is 1. The third-order valence-corrected chi connectivity index (χ3v) is 7.71. The first-order chi connectivity index (χ1) is 18.0. The van der Waals surface area contributed by atoms with Crippen LogP contribution in [0.15, 0.2) is 36.5 Å². The van der Waals surface area contributed by atoms with Crippen molar-refractivity contribution in [2.45, 2.75) is 38.3 Å². The van der Waals surface area contributed by atoms with Gasteiger partial charge in [0.1, 0.15) is 22.8 Å². The number of methoxy groups -OCH3 is 1. The standard InChI is InChI=1S/C28H30F2N6O/c1-16-11-17-5-3-6-22(29)23(17)20(12-16)25-24(30)26-21(13-32-25)27(34-28(33-26)37-2)35-14-18-7-8-19(15-35)36(18)10-4-9-31/h3,5-6,11-13,18-19H,4,7-10,14-15,31H2,1-2H3. The molecule has 4 heterocycles. The second-order valence-corrected chi connectivity index (χ2v) is 10.0. The van der Waals surface area contributed by atoms with Crippen LogP contribution < -0.4 is 15.4 Å². The van der Waals surface area contributed by atoms with E-state index in [1.165, 1.54) is 13.2 Å². The second kappa shape index (κ2) is 9.46. The van der Waals surface area contributed by atoms with E-state index in [9.17, 15) is 4.39 Å². The number of aromatic nitrogens is 3. The Morgan fingerprint density at radius 2 is 1.89 bits per heavy atom. The molecule has 2 aromatic carbocycles. The lowest BCUT2D eigenvalue weighted by Gasteiger charge is -2.41. The van der Waals surface area contributed by atoms with Crippen LogP contribution in [0.25, 0.3) is 32.9 Å². The molecule has 2 unspecified atom stereocenters. The molecule has 4 aromatic rings. The Kier molecular flexibility index (Phi) is 6.12. The first-order valence-electron chi connectivity index (χ1n) is 12.8. The van der Waals surface area contributed by atoms with E-state index >= 15 is 4.39 Å². The number of rotatable bonds is 6. The van der Waals surface area contributed by atoms with Crippen molar-refractivity contribution in [3.63, 3.8) is 0 Å². The molecule has 2 aliphatic rings. The fraction of sp³-hybridized carbons (Fsp3) is 0.393. The molecular weight excluding hydrogens is 474 g/mol. The van der Waals surface area contributed by atoms with E-state index in [4.69, 9.17) is 10.5 Å². The van der Waals surface area contributed by atoms with Crippen molar-refractivity contribution < 1.29 is 13.5 Å². The Bertz CT molecular complexity index is 1480. The molecule has 6 rings (SSSR count). The molecule has 0 saturated carbocycles. The zero-order valence-corrected chi connectivity index (χ0v) is 21.0. The van der Waals surface area contributed by atoms with E-state index in [0.29, 0.717) is 46.2 Å². The number of benzene rings is 2. The first-order valence-corrected chi connectivity index (χ1v) is 12.8. The molecule has 0 spiro atoms. The van der Waals surface area contributed by atoms with Crippen LogP contribution in [-0.4, -0.2) is 65.2 Å². The highest BCUT2D eigenvalue weighted by molar-refractivity contribution is 5.99. The van der Waals surface area contributed by atoms with Gasteiger partial charge in [0.15, 0.2) is 5.82 Å². The molecule has 7 nitrogen and oxygen atoms in total. The lowest BCUT2D eigenvalue weighted by molar-refractivity contribution is 0.168. The third-order valence-electron chi connectivity index (χ3n) is 7.71. The molecule has 192 valence electrons. The minimum atomic E-state index is -0.612. The average Bonchev–Trinajstić information content (AvgIpc) is 3.13. The maximum absolute atomic E-state index is 16.2. The molecule has 0 amide bonds. The number of fused-ring (bicyclic) bond motifs is 4. The molecule has 2 atom stereocenters. The Morgan fingerprint density at radius 3 is 2.62 bits per heavy atom. The van der Waals surface area contributed by atoms with Crippen LogP contribution in [0, 0.1) is 18.6 Å². The predicted molar refractivity (Wildman–Crippen MR) is 141 cm³/mol. The fourth-order valence-electron chi connectivity index (χ4n) is 6.06. The Morgan fingerprint density at radius 1 is 1.11 bits per heavy atom. The summed E-state index contributed by atoms with van der Waals surface area (Å²) < 4.78 is 36.5. The Labute approximate surface area is 214 Å². The van der Waals surface area contributed by atoms with Gasteiger partial charge in [0, 0.05) is 48.9 Å². The monoisotopic (exact) mass is 504 g/mol. The van der Waals surface area contributed by atoms with Gasteiger partial charge in [-0.3, -0.25) is 9.88 Å². The van der Waals surface area contributed by atoms with Gasteiger partial charge in [0.2, 0.25) is 0 Å². The van der Waals surface area contributed by atoms with E-state index < -0.39 is 11.6 Å². The Hall–Kier alpha value is -3.43. The largest absolute Gasteiger partial charge is 0.467 e. The number of halogens is 2. The molecule has 2 aromatic heterocycles. The van der Waals surface area contributed by atoms with Gasteiger partial charge in [-0.05, 0) is 55.8 Å². The van der Waals surface area contributed by atoms with Gasteiger partial charge in [0.05, 0.1) is 12.5 Å². The maximum Gasteiger partial charge on any atom is 0.318 e.